The van der Waals surface area contributed by atoms with E-state index < -0.39 is 29.2 Å². The van der Waals surface area contributed by atoms with E-state index >= 15 is 0 Å². The molecule has 0 aliphatic heterocycles. The molecule has 0 fully saturated rings. The Kier molecular flexibility index (Phi) is 3.71. The number of anilines is 1. The zero-order valence-corrected chi connectivity index (χ0v) is 10.5. The highest BCUT2D eigenvalue weighted by molar-refractivity contribution is 6.34. The predicted octanol–water partition coefficient (Wildman–Crippen LogP) is 3.32. The molecule has 104 valence electrons. The van der Waals surface area contributed by atoms with Crippen molar-refractivity contribution in [3.8, 4) is 17.1 Å². The number of benzene rings is 1. The highest BCUT2D eigenvalue weighted by atomic mass is 35.5. The molecule has 5 nitrogen and oxygen atoms in total. The maximum absolute atomic E-state index is 13.7. The lowest BCUT2D eigenvalue weighted by molar-refractivity contribution is 0.142. The average Bonchev–Trinajstić information content (AvgIpc) is 2.34. The first kappa shape index (κ1) is 14.0. The largest absolute Gasteiger partial charge is 0.512 e. The van der Waals surface area contributed by atoms with Crippen molar-refractivity contribution in [1.82, 2.24) is 4.98 Å². The van der Waals surface area contributed by atoms with Gasteiger partial charge < -0.3 is 15.6 Å². The molecule has 0 unspecified atom stereocenters. The van der Waals surface area contributed by atoms with Crippen LogP contribution in [0.5, 0.6) is 5.88 Å². The number of hydrogen-bond donors (Lipinski definition) is 2. The normalized spacial score (nSPS) is 10.3. The van der Waals surface area contributed by atoms with Crippen LogP contribution in [0, 0.1) is 11.6 Å². The zero-order valence-electron chi connectivity index (χ0n) is 9.73. The van der Waals surface area contributed by atoms with E-state index in [4.69, 9.17) is 22.4 Å². The van der Waals surface area contributed by atoms with Crippen LogP contribution in [0.1, 0.15) is 0 Å². The molecule has 1 aromatic heterocycles. The SMILES string of the molecule is Nc1cc(-c2c(F)cccc2F)nc(OC(=O)O)c1Cl. The smallest absolute Gasteiger partial charge is 0.449 e. The van der Waals surface area contributed by atoms with Gasteiger partial charge in [-0.1, -0.05) is 17.7 Å². The van der Waals surface area contributed by atoms with Crippen LogP contribution in [0.3, 0.4) is 0 Å². The van der Waals surface area contributed by atoms with Crippen molar-refractivity contribution < 1.29 is 23.4 Å². The third-order valence-corrected chi connectivity index (χ3v) is 2.74. The van der Waals surface area contributed by atoms with Gasteiger partial charge in [-0.2, -0.15) is 0 Å². The summed E-state index contributed by atoms with van der Waals surface area (Å²) in [5.41, 5.74) is 4.75. The van der Waals surface area contributed by atoms with Crippen LogP contribution >= 0.6 is 11.6 Å². The van der Waals surface area contributed by atoms with Gasteiger partial charge in [0.1, 0.15) is 16.7 Å². The molecule has 0 atom stereocenters. The van der Waals surface area contributed by atoms with Gasteiger partial charge in [-0.3, -0.25) is 0 Å². The molecule has 2 aromatic rings. The number of hydrogen-bond acceptors (Lipinski definition) is 4. The summed E-state index contributed by atoms with van der Waals surface area (Å²) in [6, 6.07) is 4.37. The van der Waals surface area contributed by atoms with Crippen molar-refractivity contribution in [2.45, 2.75) is 0 Å². The standard InChI is InChI=1S/C12H7ClF2N2O3/c13-10-7(16)4-8(17-11(10)20-12(18)19)9-5(14)2-1-3-6(9)15/h1-4H,(H2,16,17)(H,18,19). The Morgan fingerprint density at radius 2 is 1.95 bits per heavy atom. The Bertz CT molecular complexity index is 674. The molecular weight excluding hydrogens is 294 g/mol. The minimum atomic E-state index is -1.68. The average molecular weight is 301 g/mol. The second-order valence-electron chi connectivity index (χ2n) is 3.68. The third kappa shape index (κ3) is 2.62. The summed E-state index contributed by atoms with van der Waals surface area (Å²) in [5, 5.41) is 8.29. The van der Waals surface area contributed by atoms with Crippen molar-refractivity contribution in [2.24, 2.45) is 0 Å². The lowest BCUT2D eigenvalue weighted by atomic mass is 10.1. The number of carboxylic acid groups (broad SMARTS) is 1. The molecule has 0 aliphatic rings. The van der Waals surface area contributed by atoms with Crippen LogP contribution in [-0.4, -0.2) is 16.2 Å². The topological polar surface area (TPSA) is 85.4 Å². The van der Waals surface area contributed by atoms with Gasteiger partial charge in [-0.25, -0.2) is 18.6 Å². The molecule has 3 N–H and O–H groups in total. The lowest BCUT2D eigenvalue weighted by Crippen LogP contribution is -2.07. The Morgan fingerprint density at radius 3 is 2.50 bits per heavy atom. The summed E-state index contributed by atoms with van der Waals surface area (Å²) >= 11 is 5.71. The van der Waals surface area contributed by atoms with Crippen molar-refractivity contribution in [3.63, 3.8) is 0 Å². The van der Waals surface area contributed by atoms with Gasteiger partial charge in [0.25, 0.3) is 0 Å². The summed E-state index contributed by atoms with van der Waals surface area (Å²) < 4.78 is 31.6. The number of nitrogens with zero attached hydrogens (tertiary/aromatic N) is 1. The predicted molar refractivity (Wildman–Crippen MR) is 67.7 cm³/mol. The molecule has 0 aliphatic carbocycles. The number of halogens is 3. The fourth-order valence-electron chi connectivity index (χ4n) is 1.55. The van der Waals surface area contributed by atoms with E-state index in [0.29, 0.717) is 0 Å². The van der Waals surface area contributed by atoms with E-state index in [-0.39, 0.29) is 16.4 Å². The first-order valence-electron chi connectivity index (χ1n) is 5.21. The maximum Gasteiger partial charge on any atom is 0.512 e. The van der Waals surface area contributed by atoms with Crippen LogP contribution in [0.15, 0.2) is 24.3 Å². The molecule has 0 saturated heterocycles. The van der Waals surface area contributed by atoms with Crippen LogP contribution < -0.4 is 10.5 Å². The lowest BCUT2D eigenvalue weighted by Gasteiger charge is -2.09. The molecule has 1 heterocycles. The van der Waals surface area contributed by atoms with E-state index in [1.54, 1.807) is 0 Å². The second-order valence-corrected chi connectivity index (χ2v) is 4.06. The van der Waals surface area contributed by atoms with Crippen molar-refractivity contribution in [2.75, 3.05) is 5.73 Å². The van der Waals surface area contributed by atoms with E-state index in [0.717, 1.165) is 18.2 Å². The second kappa shape index (κ2) is 5.30. The summed E-state index contributed by atoms with van der Waals surface area (Å²) in [6.07, 6.45) is -1.68. The first-order valence-corrected chi connectivity index (χ1v) is 5.59. The molecule has 0 spiro atoms. The Hall–Kier alpha value is -2.41. The molecule has 2 rings (SSSR count). The number of aromatic nitrogens is 1. The number of nitrogen functional groups attached to an aromatic ring is 1. The maximum atomic E-state index is 13.7. The van der Waals surface area contributed by atoms with Gasteiger partial charge in [0, 0.05) is 0 Å². The molecule has 0 radical (unpaired) electrons. The quantitative estimate of drug-likeness (QED) is 0.831. The van der Waals surface area contributed by atoms with Crippen molar-refractivity contribution >= 4 is 23.4 Å². The van der Waals surface area contributed by atoms with Crippen LogP contribution in [0.4, 0.5) is 19.3 Å². The number of pyridine rings is 1. The minimum absolute atomic E-state index is 0.115. The fraction of sp³-hybridized carbons (Fsp3) is 0. The van der Waals surface area contributed by atoms with Gasteiger partial charge in [-0.15, -0.1) is 0 Å². The number of rotatable bonds is 2. The molecule has 0 bridgehead atoms. The fourth-order valence-corrected chi connectivity index (χ4v) is 1.68. The number of carbonyl (C=O) groups is 1. The zero-order chi connectivity index (χ0) is 14.9. The van der Waals surface area contributed by atoms with Crippen LogP contribution in [0.25, 0.3) is 11.3 Å². The van der Waals surface area contributed by atoms with Gasteiger partial charge in [0.2, 0.25) is 5.88 Å². The van der Waals surface area contributed by atoms with Crippen LogP contribution in [-0.2, 0) is 0 Å². The minimum Gasteiger partial charge on any atom is -0.449 e. The first-order chi connectivity index (χ1) is 9.40. The molecule has 1 aromatic carbocycles. The van der Waals surface area contributed by atoms with Crippen LogP contribution in [0.2, 0.25) is 5.02 Å². The van der Waals surface area contributed by atoms with Gasteiger partial charge in [0.05, 0.1) is 16.9 Å². The van der Waals surface area contributed by atoms with Crippen molar-refractivity contribution in [1.29, 1.82) is 0 Å². The van der Waals surface area contributed by atoms with E-state index in [2.05, 4.69) is 9.72 Å². The monoisotopic (exact) mass is 300 g/mol. The van der Waals surface area contributed by atoms with E-state index in [1.807, 2.05) is 0 Å². The van der Waals surface area contributed by atoms with Gasteiger partial charge in [-0.05, 0) is 18.2 Å². The Labute approximate surface area is 116 Å². The number of nitrogens with two attached hydrogens (primary N) is 1. The number of ether oxygens (including phenoxy) is 1. The summed E-state index contributed by atoms with van der Waals surface area (Å²) in [7, 11) is 0. The Balaban J connectivity index is 2.64. The van der Waals surface area contributed by atoms with E-state index in [9.17, 15) is 13.6 Å². The summed E-state index contributed by atoms with van der Waals surface area (Å²) in [6.45, 7) is 0. The van der Waals surface area contributed by atoms with E-state index in [1.165, 1.54) is 6.07 Å². The van der Waals surface area contributed by atoms with Gasteiger partial charge >= 0.3 is 6.16 Å². The molecule has 8 heteroatoms. The summed E-state index contributed by atoms with van der Waals surface area (Å²) in [5.74, 6) is -2.29. The Morgan fingerprint density at radius 1 is 1.35 bits per heavy atom. The molecular formula is C12H7ClF2N2O3. The summed E-state index contributed by atoms with van der Waals surface area (Å²) in [4.78, 5) is 14.2. The highest BCUT2D eigenvalue weighted by Crippen LogP contribution is 2.34. The third-order valence-electron chi connectivity index (χ3n) is 2.36. The molecule has 0 amide bonds. The van der Waals surface area contributed by atoms with Gasteiger partial charge in [0.15, 0.2) is 0 Å². The highest BCUT2D eigenvalue weighted by Gasteiger charge is 2.18. The molecule has 0 saturated carbocycles. The molecule has 20 heavy (non-hydrogen) atoms. The van der Waals surface area contributed by atoms with Crippen molar-refractivity contribution in [3.05, 3.63) is 40.9 Å².